The third-order valence-electron chi connectivity index (χ3n) is 3.61. The van der Waals surface area contributed by atoms with Gasteiger partial charge < -0.3 is 19.7 Å². The number of nitrogens with zero attached hydrogens (tertiary/aromatic N) is 1. The van der Waals surface area contributed by atoms with Crippen LogP contribution < -0.4 is 5.32 Å². The van der Waals surface area contributed by atoms with Gasteiger partial charge in [-0.15, -0.1) is 0 Å². The molecule has 4 nitrogen and oxygen atoms in total. The van der Waals surface area contributed by atoms with Crippen molar-refractivity contribution in [1.82, 2.24) is 10.2 Å². The molecule has 0 bridgehead atoms. The van der Waals surface area contributed by atoms with Gasteiger partial charge in [0.05, 0.1) is 13.2 Å². The van der Waals surface area contributed by atoms with Gasteiger partial charge in [-0.2, -0.15) is 0 Å². The summed E-state index contributed by atoms with van der Waals surface area (Å²) >= 11 is 0. The van der Waals surface area contributed by atoms with Gasteiger partial charge in [0, 0.05) is 38.8 Å². The lowest BCUT2D eigenvalue weighted by Crippen LogP contribution is -2.48. The van der Waals surface area contributed by atoms with Crippen LogP contribution in [-0.4, -0.2) is 65.1 Å². The molecule has 1 aliphatic heterocycles. The van der Waals surface area contributed by atoms with Crippen molar-refractivity contribution in [2.75, 3.05) is 60.2 Å². The molecule has 0 aromatic rings. The van der Waals surface area contributed by atoms with Crippen LogP contribution in [0.4, 0.5) is 0 Å². The summed E-state index contributed by atoms with van der Waals surface area (Å²) in [7, 11) is 3.94. The second-order valence-electron chi connectivity index (χ2n) is 5.56. The fourth-order valence-electron chi connectivity index (χ4n) is 2.66. The number of hydrogen-bond acceptors (Lipinski definition) is 4. The van der Waals surface area contributed by atoms with E-state index in [-0.39, 0.29) is 5.41 Å². The van der Waals surface area contributed by atoms with Gasteiger partial charge in [-0.25, -0.2) is 0 Å². The number of hydrogen-bond donors (Lipinski definition) is 1. The summed E-state index contributed by atoms with van der Waals surface area (Å²) < 4.78 is 10.9. The monoisotopic (exact) mass is 258 g/mol. The Kier molecular flexibility index (Phi) is 7.82. The van der Waals surface area contributed by atoms with Gasteiger partial charge in [0.15, 0.2) is 0 Å². The second-order valence-corrected chi connectivity index (χ2v) is 5.56. The van der Waals surface area contributed by atoms with Gasteiger partial charge in [-0.1, -0.05) is 6.92 Å². The summed E-state index contributed by atoms with van der Waals surface area (Å²) in [5.74, 6) is 0. The van der Waals surface area contributed by atoms with Gasteiger partial charge in [0.1, 0.15) is 0 Å². The molecule has 1 atom stereocenters. The predicted octanol–water partition coefficient (Wildman–Crippen LogP) is 1.36. The number of rotatable bonds is 9. The van der Waals surface area contributed by atoms with Gasteiger partial charge in [0.25, 0.3) is 0 Å². The highest BCUT2D eigenvalue weighted by molar-refractivity contribution is 4.86. The van der Waals surface area contributed by atoms with Crippen molar-refractivity contribution in [2.45, 2.75) is 26.2 Å². The fraction of sp³-hybridized carbons (Fsp3) is 1.00. The maximum absolute atomic E-state index is 5.72. The molecule has 1 N–H and O–H groups in total. The molecule has 1 rings (SSSR count). The molecule has 1 unspecified atom stereocenters. The molecule has 0 radical (unpaired) electrons. The highest BCUT2D eigenvalue weighted by Gasteiger charge is 2.33. The Morgan fingerprint density at radius 2 is 2.28 bits per heavy atom. The van der Waals surface area contributed by atoms with E-state index in [1.54, 1.807) is 7.11 Å². The van der Waals surface area contributed by atoms with Crippen molar-refractivity contribution < 1.29 is 9.47 Å². The Balaban J connectivity index is 2.42. The zero-order chi connectivity index (χ0) is 13.3. The number of ether oxygens (including phenoxy) is 2. The summed E-state index contributed by atoms with van der Waals surface area (Å²) in [6.45, 7) is 9.08. The Labute approximate surface area is 112 Å². The lowest BCUT2D eigenvalue weighted by Gasteiger charge is -2.40. The second kappa shape index (κ2) is 8.86. The summed E-state index contributed by atoms with van der Waals surface area (Å²) in [4.78, 5) is 2.37. The number of nitrogens with one attached hydrogen (secondary N) is 1. The first-order valence-corrected chi connectivity index (χ1v) is 7.18. The topological polar surface area (TPSA) is 33.7 Å². The zero-order valence-corrected chi connectivity index (χ0v) is 12.3. The minimum absolute atomic E-state index is 0.288. The molecule has 0 aliphatic carbocycles. The highest BCUT2D eigenvalue weighted by atomic mass is 16.5. The molecular weight excluding hydrogens is 228 g/mol. The van der Waals surface area contributed by atoms with Crippen LogP contribution in [-0.2, 0) is 9.47 Å². The van der Waals surface area contributed by atoms with Gasteiger partial charge in [-0.3, -0.25) is 0 Å². The summed E-state index contributed by atoms with van der Waals surface area (Å²) in [5.41, 5.74) is 0.288. The maximum Gasteiger partial charge on any atom is 0.0589 e. The lowest BCUT2D eigenvalue weighted by atomic mass is 9.81. The van der Waals surface area contributed by atoms with Gasteiger partial charge in [0.2, 0.25) is 0 Å². The van der Waals surface area contributed by atoms with E-state index >= 15 is 0 Å². The molecule has 1 aliphatic rings. The van der Waals surface area contributed by atoms with Crippen LogP contribution in [0.3, 0.4) is 0 Å². The van der Waals surface area contributed by atoms with Crippen molar-refractivity contribution in [3.05, 3.63) is 0 Å². The molecule has 0 amide bonds. The Bertz CT molecular complexity index is 206. The van der Waals surface area contributed by atoms with Gasteiger partial charge >= 0.3 is 0 Å². The third-order valence-corrected chi connectivity index (χ3v) is 3.61. The molecule has 108 valence electrons. The van der Waals surface area contributed by atoms with Gasteiger partial charge in [-0.05, 0) is 32.9 Å². The minimum atomic E-state index is 0.288. The van der Waals surface area contributed by atoms with E-state index in [2.05, 4.69) is 24.2 Å². The van der Waals surface area contributed by atoms with E-state index in [9.17, 15) is 0 Å². The van der Waals surface area contributed by atoms with Crippen LogP contribution in [0.2, 0.25) is 0 Å². The quantitative estimate of drug-likeness (QED) is 0.633. The third kappa shape index (κ3) is 5.65. The van der Waals surface area contributed by atoms with Crippen molar-refractivity contribution in [3.8, 4) is 0 Å². The molecule has 0 aromatic heterocycles. The lowest BCUT2D eigenvalue weighted by molar-refractivity contribution is -0.0247. The number of methoxy groups -OCH3 is 1. The zero-order valence-electron chi connectivity index (χ0n) is 12.3. The standard InChI is InChI=1S/C14H30N2O2/c1-4-7-15-11-14(6-5-9-18-13-14)12-16(2)8-10-17-3/h15H,4-13H2,1-3H3. The van der Waals surface area contributed by atoms with E-state index in [1.165, 1.54) is 19.3 Å². The van der Waals surface area contributed by atoms with E-state index in [1.807, 2.05) is 0 Å². The first-order valence-electron chi connectivity index (χ1n) is 7.18. The first-order chi connectivity index (χ1) is 8.72. The van der Waals surface area contributed by atoms with E-state index < -0.39 is 0 Å². The van der Waals surface area contributed by atoms with E-state index in [4.69, 9.17) is 9.47 Å². The van der Waals surface area contributed by atoms with E-state index in [0.717, 1.165) is 46.0 Å². The van der Waals surface area contributed by atoms with Crippen LogP contribution in [0.25, 0.3) is 0 Å². The molecule has 0 saturated carbocycles. The Morgan fingerprint density at radius 3 is 2.89 bits per heavy atom. The fourth-order valence-corrected chi connectivity index (χ4v) is 2.66. The maximum atomic E-state index is 5.72. The van der Waals surface area contributed by atoms with Crippen LogP contribution in [0.15, 0.2) is 0 Å². The smallest absolute Gasteiger partial charge is 0.0589 e. The summed E-state index contributed by atoms with van der Waals surface area (Å²) in [6, 6.07) is 0. The molecule has 18 heavy (non-hydrogen) atoms. The average Bonchev–Trinajstić information content (AvgIpc) is 2.38. The van der Waals surface area contributed by atoms with Crippen molar-refractivity contribution >= 4 is 0 Å². The Morgan fingerprint density at radius 1 is 1.44 bits per heavy atom. The molecule has 0 aromatic carbocycles. The number of likely N-dealkylation sites (N-methyl/N-ethyl adjacent to an activating group) is 1. The summed E-state index contributed by atoms with van der Waals surface area (Å²) in [6.07, 6.45) is 3.64. The van der Waals surface area contributed by atoms with Crippen molar-refractivity contribution in [1.29, 1.82) is 0 Å². The Hall–Kier alpha value is -0.160. The molecule has 0 spiro atoms. The van der Waals surface area contributed by atoms with Crippen LogP contribution >= 0.6 is 0 Å². The van der Waals surface area contributed by atoms with Crippen LogP contribution in [0, 0.1) is 5.41 Å². The van der Waals surface area contributed by atoms with Crippen LogP contribution in [0.5, 0.6) is 0 Å². The molecule has 4 heteroatoms. The van der Waals surface area contributed by atoms with Crippen molar-refractivity contribution in [3.63, 3.8) is 0 Å². The summed E-state index contributed by atoms with van der Waals surface area (Å²) in [5, 5.41) is 3.57. The highest BCUT2D eigenvalue weighted by Crippen LogP contribution is 2.28. The van der Waals surface area contributed by atoms with Crippen LogP contribution in [0.1, 0.15) is 26.2 Å². The molecule has 1 heterocycles. The molecule has 1 saturated heterocycles. The van der Waals surface area contributed by atoms with E-state index in [0.29, 0.717) is 0 Å². The van der Waals surface area contributed by atoms with Crippen molar-refractivity contribution in [2.24, 2.45) is 5.41 Å². The average molecular weight is 258 g/mol. The SMILES string of the molecule is CCCNCC1(CN(C)CCOC)CCCOC1. The first kappa shape index (κ1) is 15.9. The predicted molar refractivity (Wildman–Crippen MR) is 75.0 cm³/mol. The largest absolute Gasteiger partial charge is 0.383 e. The molecule has 1 fully saturated rings. The molecular formula is C14H30N2O2. The minimum Gasteiger partial charge on any atom is -0.383 e. The normalized spacial score (nSPS) is 24.7.